The number of hydrogen-bond acceptors (Lipinski definition) is 10. The Balaban J connectivity index is 1.10. The number of benzene rings is 2. The van der Waals surface area contributed by atoms with Crippen LogP contribution in [-0.4, -0.2) is 79.6 Å². The van der Waals surface area contributed by atoms with Crippen LogP contribution in [0.1, 0.15) is 50.7 Å². The summed E-state index contributed by atoms with van der Waals surface area (Å²) >= 11 is 1.45. The number of esters is 1. The van der Waals surface area contributed by atoms with Gasteiger partial charge < -0.3 is 24.6 Å². The number of carbonyl (C=O) groups excluding carboxylic acids is 1. The van der Waals surface area contributed by atoms with Gasteiger partial charge in [-0.25, -0.2) is 13.4 Å². The van der Waals surface area contributed by atoms with Gasteiger partial charge in [0.2, 0.25) is 10.0 Å². The molecule has 7 rings (SSSR count). The highest BCUT2D eigenvalue weighted by Crippen LogP contribution is 2.49. The molecule has 2 N–H and O–H groups in total. The number of hydrogen-bond donors (Lipinski definition) is 2. The average Bonchev–Trinajstić information content (AvgIpc) is 3.49. The number of rotatable bonds is 14. The first-order valence-corrected chi connectivity index (χ1v) is 19.1. The van der Waals surface area contributed by atoms with Crippen LogP contribution < -0.4 is 5.32 Å². The van der Waals surface area contributed by atoms with Gasteiger partial charge in [0, 0.05) is 42.8 Å². The predicted octanol–water partition coefficient (Wildman–Crippen LogP) is 4.99. The number of aliphatic hydroxyl groups excluding tert-OH is 1. The van der Waals surface area contributed by atoms with Crippen molar-refractivity contribution in [2.45, 2.75) is 82.3 Å². The fourth-order valence-electron chi connectivity index (χ4n) is 7.35. The Kier molecular flexibility index (Phi) is 9.36. The molecule has 2 saturated heterocycles. The third kappa shape index (κ3) is 7.23. The number of aryl methyl sites for hydroxylation is 1. The molecule has 0 radical (unpaired) electrons. The highest BCUT2D eigenvalue weighted by atomic mass is 32.2. The summed E-state index contributed by atoms with van der Waals surface area (Å²) in [6.07, 6.45) is 1.97. The second kappa shape index (κ2) is 13.4. The van der Waals surface area contributed by atoms with E-state index in [1.54, 1.807) is 18.2 Å². The molecule has 3 aromatic rings. The molecule has 4 fully saturated rings. The Morgan fingerprint density at radius 3 is 2.62 bits per heavy atom. The van der Waals surface area contributed by atoms with E-state index in [0.717, 1.165) is 45.7 Å². The third-order valence-corrected chi connectivity index (χ3v) is 12.8. The summed E-state index contributed by atoms with van der Waals surface area (Å²) in [6, 6.07) is 13.5. The number of sulfonamides is 1. The topological polar surface area (TPSA) is 127 Å². The summed E-state index contributed by atoms with van der Waals surface area (Å²) < 4.78 is 48.2. The molecule has 2 saturated carbocycles. The van der Waals surface area contributed by atoms with Gasteiger partial charge in [0.1, 0.15) is 6.10 Å². The number of aromatic nitrogens is 1. The molecule has 5 unspecified atom stereocenters. The van der Waals surface area contributed by atoms with Crippen LogP contribution in [-0.2, 0) is 35.4 Å². The van der Waals surface area contributed by atoms with Gasteiger partial charge in [-0.2, -0.15) is 4.31 Å². The zero-order valence-corrected chi connectivity index (χ0v) is 28.8. The number of thiazole rings is 1. The molecule has 2 aromatic carbocycles. The van der Waals surface area contributed by atoms with Crippen LogP contribution >= 0.6 is 11.3 Å². The van der Waals surface area contributed by atoms with E-state index in [-0.39, 0.29) is 66.4 Å². The molecule has 1 aromatic heterocycles. The lowest BCUT2D eigenvalue weighted by atomic mass is 9.90. The van der Waals surface area contributed by atoms with Gasteiger partial charge in [0.05, 0.1) is 40.9 Å². The van der Waals surface area contributed by atoms with Crippen molar-refractivity contribution >= 4 is 42.7 Å². The van der Waals surface area contributed by atoms with E-state index in [2.05, 4.69) is 10.3 Å². The van der Waals surface area contributed by atoms with Crippen LogP contribution in [0, 0.1) is 36.5 Å². The van der Waals surface area contributed by atoms with Crippen LogP contribution in [0.2, 0.25) is 0 Å². The standard InChI is InChI=1S/C35H45N3O7S2/c1-20(2)16-38(47(41,42)26-10-11-29-31(15-26)46-35(37-29)36-25-8-9-25)17-30(39)23(12-22-6-4-21(3)5-7-22)14-32(40)45-33-24-13-27-28(33)19-44-34(27)43-18-24/h4-7,10-11,15,20,23-25,27-28,30,33-34,39H,8-9,12-14,16-19H2,1-3H3,(H,36,37)/t23-,24?,27?,28?,30-,33?,34?/m1/s1. The average molecular weight is 684 g/mol. The molecule has 12 heteroatoms. The third-order valence-electron chi connectivity index (χ3n) is 10.0. The zero-order chi connectivity index (χ0) is 32.9. The van der Waals surface area contributed by atoms with Crippen molar-refractivity contribution in [2.75, 3.05) is 31.6 Å². The largest absolute Gasteiger partial charge is 0.462 e. The van der Waals surface area contributed by atoms with E-state index >= 15 is 0 Å². The minimum Gasteiger partial charge on any atom is -0.462 e. The first kappa shape index (κ1) is 32.9. The van der Waals surface area contributed by atoms with Crippen molar-refractivity contribution in [3.63, 3.8) is 0 Å². The summed E-state index contributed by atoms with van der Waals surface area (Å²) in [4.78, 5) is 18.3. The van der Waals surface area contributed by atoms with E-state index < -0.39 is 22.0 Å². The summed E-state index contributed by atoms with van der Waals surface area (Å²) in [7, 11) is -3.97. The number of anilines is 1. The molecule has 2 bridgehead atoms. The number of fused-ring (bicyclic) bond motifs is 2. The minimum atomic E-state index is -3.97. The molecule has 3 heterocycles. The van der Waals surface area contributed by atoms with Crippen LogP contribution in [0.4, 0.5) is 5.13 Å². The van der Waals surface area contributed by atoms with E-state index in [9.17, 15) is 18.3 Å². The Morgan fingerprint density at radius 2 is 1.87 bits per heavy atom. The fourth-order valence-corrected chi connectivity index (χ4v) is 10.1. The van der Waals surface area contributed by atoms with E-state index in [0.29, 0.717) is 25.7 Å². The monoisotopic (exact) mass is 683 g/mol. The summed E-state index contributed by atoms with van der Waals surface area (Å²) in [5.74, 6) is -0.398. The van der Waals surface area contributed by atoms with Gasteiger partial charge in [-0.3, -0.25) is 4.79 Å². The molecule has 2 aliphatic carbocycles. The number of aliphatic hydroxyl groups is 1. The molecular formula is C35H45N3O7S2. The molecule has 47 heavy (non-hydrogen) atoms. The number of nitrogens with zero attached hydrogens (tertiary/aromatic N) is 2. The second-order valence-electron chi connectivity index (χ2n) is 14.3. The maximum Gasteiger partial charge on any atom is 0.306 e. The smallest absolute Gasteiger partial charge is 0.306 e. The molecule has 4 aliphatic rings. The van der Waals surface area contributed by atoms with Crippen molar-refractivity contribution in [2.24, 2.45) is 29.6 Å². The lowest BCUT2D eigenvalue weighted by Gasteiger charge is -2.31. The van der Waals surface area contributed by atoms with Crippen LogP contribution in [0.25, 0.3) is 10.2 Å². The molecule has 254 valence electrons. The quantitative estimate of drug-likeness (QED) is 0.226. The summed E-state index contributed by atoms with van der Waals surface area (Å²) in [5.41, 5.74) is 2.83. The van der Waals surface area contributed by atoms with E-state index in [1.807, 2.05) is 45.0 Å². The van der Waals surface area contributed by atoms with Crippen molar-refractivity contribution in [1.29, 1.82) is 0 Å². The van der Waals surface area contributed by atoms with Crippen LogP contribution in [0.15, 0.2) is 47.4 Å². The number of carbonyl (C=O) groups is 1. The maximum atomic E-state index is 14.2. The Morgan fingerprint density at radius 1 is 1.11 bits per heavy atom. The van der Waals surface area contributed by atoms with Gasteiger partial charge in [-0.05, 0) is 62.3 Å². The van der Waals surface area contributed by atoms with Crippen LogP contribution in [0.5, 0.6) is 0 Å². The van der Waals surface area contributed by atoms with Crippen molar-refractivity contribution in [3.8, 4) is 0 Å². The number of nitrogens with one attached hydrogen (secondary N) is 1. The minimum absolute atomic E-state index is 0.0142. The Labute approximate surface area is 280 Å². The number of ether oxygens (including phenoxy) is 3. The molecule has 0 amide bonds. The molecule has 10 nitrogen and oxygen atoms in total. The maximum absolute atomic E-state index is 14.2. The van der Waals surface area contributed by atoms with Gasteiger partial charge in [0.25, 0.3) is 0 Å². The van der Waals surface area contributed by atoms with Gasteiger partial charge in [0.15, 0.2) is 11.4 Å². The Bertz CT molecular complexity index is 1690. The first-order chi connectivity index (χ1) is 22.5. The second-order valence-corrected chi connectivity index (χ2v) is 17.3. The van der Waals surface area contributed by atoms with Gasteiger partial charge in [-0.1, -0.05) is 55.0 Å². The highest BCUT2D eigenvalue weighted by molar-refractivity contribution is 7.89. The molecular weight excluding hydrogens is 639 g/mol. The van der Waals surface area contributed by atoms with Gasteiger partial charge >= 0.3 is 5.97 Å². The van der Waals surface area contributed by atoms with E-state index in [4.69, 9.17) is 14.2 Å². The first-order valence-electron chi connectivity index (χ1n) is 16.9. The van der Waals surface area contributed by atoms with Crippen LogP contribution in [0.3, 0.4) is 0 Å². The molecule has 7 atom stereocenters. The normalized spacial score (nSPS) is 26.6. The zero-order valence-electron chi connectivity index (χ0n) is 27.2. The van der Waals surface area contributed by atoms with Crippen molar-refractivity contribution in [3.05, 3.63) is 53.6 Å². The Hall–Kier alpha value is -2.61. The molecule has 2 aliphatic heterocycles. The predicted molar refractivity (Wildman–Crippen MR) is 180 cm³/mol. The summed E-state index contributed by atoms with van der Waals surface area (Å²) in [5, 5.41) is 16.0. The van der Waals surface area contributed by atoms with E-state index in [1.165, 1.54) is 15.6 Å². The lowest BCUT2D eigenvalue weighted by Crippen LogP contribution is -2.43. The SMILES string of the molecule is Cc1ccc(C[C@H](CC(=O)OC2C3COC4OCC2C4C3)[C@H](O)CN(CC(C)C)S(=O)(=O)c2ccc3nc(NC4CC4)sc3c2)cc1. The lowest BCUT2D eigenvalue weighted by molar-refractivity contribution is -0.178. The van der Waals surface area contributed by atoms with Crippen molar-refractivity contribution in [1.82, 2.24) is 9.29 Å². The van der Waals surface area contributed by atoms with Crippen molar-refractivity contribution < 1.29 is 32.5 Å². The molecule has 0 spiro atoms. The van der Waals surface area contributed by atoms with Gasteiger partial charge in [-0.15, -0.1) is 0 Å². The highest BCUT2D eigenvalue weighted by Gasteiger charge is 2.56. The summed E-state index contributed by atoms with van der Waals surface area (Å²) in [6.45, 7) is 7.04. The fraction of sp³-hybridized carbons (Fsp3) is 0.600.